The molecule has 1 aromatic heterocycles. The largest absolute Gasteiger partial charge is 0.493 e. The number of benzene rings is 1. The Labute approximate surface area is 151 Å². The molecule has 1 fully saturated rings. The van der Waals surface area contributed by atoms with Crippen LogP contribution in [0.15, 0.2) is 18.2 Å². The van der Waals surface area contributed by atoms with Crippen molar-refractivity contribution in [2.75, 3.05) is 12.4 Å². The minimum absolute atomic E-state index is 0.232. The van der Waals surface area contributed by atoms with Crippen molar-refractivity contribution in [3.63, 3.8) is 0 Å². The molecular weight excluding hydrogens is 338 g/mol. The van der Waals surface area contributed by atoms with Crippen molar-refractivity contribution in [2.24, 2.45) is 0 Å². The van der Waals surface area contributed by atoms with Gasteiger partial charge >= 0.3 is 0 Å². The Morgan fingerprint density at radius 3 is 2.80 bits per heavy atom. The molecule has 0 bridgehead atoms. The monoisotopic (exact) mass is 361 g/mol. The topological polar surface area (TPSA) is 73.3 Å². The average molecular weight is 361 g/mol. The number of anilines is 1. The lowest BCUT2D eigenvalue weighted by Gasteiger charge is -2.16. The molecule has 1 aliphatic rings. The molecule has 0 radical (unpaired) electrons. The van der Waals surface area contributed by atoms with Gasteiger partial charge < -0.3 is 9.47 Å². The first kappa shape index (κ1) is 17.7. The van der Waals surface area contributed by atoms with Gasteiger partial charge in [-0.05, 0) is 50.3 Å². The van der Waals surface area contributed by atoms with Crippen molar-refractivity contribution >= 4 is 22.4 Å². The van der Waals surface area contributed by atoms with E-state index >= 15 is 0 Å². The maximum absolute atomic E-state index is 12.4. The Balaban J connectivity index is 1.69. The molecule has 0 atom stereocenters. The quantitative estimate of drug-likeness (QED) is 0.804. The SMILES string of the molecule is CCCc1nnc(NC(=O)c2ccc(OC3CCCC3)c(OC)c2)s1. The number of nitrogens with zero attached hydrogens (tertiary/aromatic N) is 2. The van der Waals surface area contributed by atoms with E-state index in [0.717, 1.165) is 30.7 Å². The zero-order valence-electron chi connectivity index (χ0n) is 14.6. The predicted molar refractivity (Wildman–Crippen MR) is 97.7 cm³/mol. The molecule has 1 heterocycles. The van der Waals surface area contributed by atoms with Gasteiger partial charge in [0.1, 0.15) is 5.01 Å². The Morgan fingerprint density at radius 1 is 1.28 bits per heavy atom. The van der Waals surface area contributed by atoms with Gasteiger partial charge in [0.2, 0.25) is 5.13 Å². The van der Waals surface area contributed by atoms with Crippen molar-refractivity contribution in [1.82, 2.24) is 10.2 Å². The lowest BCUT2D eigenvalue weighted by Crippen LogP contribution is -2.14. The summed E-state index contributed by atoms with van der Waals surface area (Å²) in [7, 11) is 1.58. The molecular formula is C18H23N3O3S. The third kappa shape index (κ3) is 4.48. The van der Waals surface area contributed by atoms with E-state index in [0.29, 0.717) is 22.2 Å². The Hall–Kier alpha value is -2.15. The van der Waals surface area contributed by atoms with Crippen molar-refractivity contribution in [3.05, 3.63) is 28.8 Å². The summed E-state index contributed by atoms with van der Waals surface area (Å²) in [5.41, 5.74) is 0.503. The second-order valence-electron chi connectivity index (χ2n) is 6.10. The zero-order valence-corrected chi connectivity index (χ0v) is 15.4. The minimum atomic E-state index is -0.232. The second-order valence-corrected chi connectivity index (χ2v) is 7.16. The number of aromatic nitrogens is 2. The molecule has 7 heteroatoms. The van der Waals surface area contributed by atoms with Gasteiger partial charge in [-0.1, -0.05) is 18.3 Å². The van der Waals surface area contributed by atoms with Crippen molar-refractivity contribution < 1.29 is 14.3 Å². The number of hydrogen-bond donors (Lipinski definition) is 1. The molecule has 0 saturated heterocycles. The van der Waals surface area contributed by atoms with E-state index in [4.69, 9.17) is 9.47 Å². The van der Waals surface area contributed by atoms with E-state index in [2.05, 4.69) is 22.4 Å². The van der Waals surface area contributed by atoms with Gasteiger partial charge in [0.15, 0.2) is 11.5 Å². The normalized spacial score (nSPS) is 14.5. The van der Waals surface area contributed by atoms with Crippen molar-refractivity contribution in [2.45, 2.75) is 51.6 Å². The van der Waals surface area contributed by atoms with Crippen LogP contribution in [-0.2, 0) is 6.42 Å². The number of carbonyl (C=O) groups is 1. The van der Waals surface area contributed by atoms with Crippen LogP contribution in [-0.4, -0.2) is 29.3 Å². The number of rotatable bonds is 7. The number of methoxy groups -OCH3 is 1. The van der Waals surface area contributed by atoms with Crippen molar-refractivity contribution in [1.29, 1.82) is 0 Å². The summed E-state index contributed by atoms with van der Waals surface area (Å²) >= 11 is 1.40. The van der Waals surface area contributed by atoms with Crippen LogP contribution in [0.25, 0.3) is 0 Å². The number of aryl methyl sites for hydroxylation is 1. The molecule has 6 nitrogen and oxygen atoms in total. The molecule has 1 amide bonds. The van der Waals surface area contributed by atoms with Gasteiger partial charge in [-0.15, -0.1) is 10.2 Å². The van der Waals surface area contributed by atoms with Gasteiger partial charge in [0.05, 0.1) is 13.2 Å². The third-order valence-electron chi connectivity index (χ3n) is 4.17. The Morgan fingerprint density at radius 2 is 2.08 bits per heavy atom. The summed E-state index contributed by atoms with van der Waals surface area (Å²) < 4.78 is 11.4. The maximum atomic E-state index is 12.4. The maximum Gasteiger partial charge on any atom is 0.257 e. The summed E-state index contributed by atoms with van der Waals surface area (Å²) in [6.07, 6.45) is 6.67. The van der Waals surface area contributed by atoms with Crippen molar-refractivity contribution in [3.8, 4) is 11.5 Å². The molecule has 3 rings (SSSR count). The zero-order chi connectivity index (χ0) is 17.6. The first-order valence-corrected chi connectivity index (χ1v) is 9.49. The summed E-state index contributed by atoms with van der Waals surface area (Å²) in [6, 6.07) is 5.25. The number of amides is 1. The number of carbonyl (C=O) groups excluding carboxylic acids is 1. The Bertz CT molecular complexity index is 726. The average Bonchev–Trinajstić information content (AvgIpc) is 3.27. The van der Waals surface area contributed by atoms with Crippen LogP contribution in [0.2, 0.25) is 0 Å². The minimum Gasteiger partial charge on any atom is -0.493 e. The van der Waals surface area contributed by atoms with Gasteiger partial charge in [0.25, 0.3) is 5.91 Å². The fraction of sp³-hybridized carbons (Fsp3) is 0.500. The van der Waals surface area contributed by atoms with E-state index in [9.17, 15) is 4.79 Å². The van der Waals surface area contributed by atoms with Gasteiger partial charge in [-0.3, -0.25) is 10.1 Å². The van der Waals surface area contributed by atoms with E-state index in [1.807, 2.05) is 0 Å². The molecule has 2 aromatic rings. The van der Waals surface area contributed by atoms with Crippen LogP contribution in [0.1, 0.15) is 54.4 Å². The highest BCUT2D eigenvalue weighted by atomic mass is 32.1. The van der Waals surface area contributed by atoms with Crippen LogP contribution in [0.5, 0.6) is 11.5 Å². The molecule has 134 valence electrons. The number of hydrogen-bond acceptors (Lipinski definition) is 6. The van der Waals surface area contributed by atoms with Crippen LogP contribution in [0.4, 0.5) is 5.13 Å². The van der Waals surface area contributed by atoms with Gasteiger partial charge in [0, 0.05) is 12.0 Å². The van der Waals surface area contributed by atoms with Crippen LogP contribution < -0.4 is 14.8 Å². The molecule has 1 saturated carbocycles. The molecule has 0 unspecified atom stereocenters. The lowest BCUT2D eigenvalue weighted by molar-refractivity contribution is 0.102. The number of ether oxygens (including phenoxy) is 2. The highest BCUT2D eigenvalue weighted by molar-refractivity contribution is 7.15. The first-order valence-electron chi connectivity index (χ1n) is 8.68. The third-order valence-corrected chi connectivity index (χ3v) is 5.07. The molecule has 1 aromatic carbocycles. The predicted octanol–water partition coefficient (Wildman–Crippen LogP) is 4.07. The highest BCUT2D eigenvalue weighted by Gasteiger charge is 2.19. The van der Waals surface area contributed by atoms with E-state index in [1.165, 1.54) is 24.2 Å². The highest BCUT2D eigenvalue weighted by Crippen LogP contribution is 2.32. The standard InChI is InChI=1S/C18H23N3O3S/c1-3-6-16-20-21-18(25-16)19-17(22)12-9-10-14(15(11-12)23-2)24-13-7-4-5-8-13/h9-11,13H,3-8H2,1-2H3,(H,19,21,22). The van der Waals surface area contributed by atoms with Gasteiger partial charge in [-0.25, -0.2) is 0 Å². The summed E-state index contributed by atoms with van der Waals surface area (Å²) in [4.78, 5) is 12.4. The fourth-order valence-corrected chi connectivity index (χ4v) is 3.72. The molecule has 25 heavy (non-hydrogen) atoms. The summed E-state index contributed by atoms with van der Waals surface area (Å²) in [5, 5.41) is 12.3. The first-order chi connectivity index (χ1) is 12.2. The lowest BCUT2D eigenvalue weighted by atomic mass is 10.2. The Kier molecular flexibility index (Phi) is 5.86. The molecule has 0 aliphatic heterocycles. The summed E-state index contributed by atoms with van der Waals surface area (Å²) in [6.45, 7) is 2.08. The molecule has 1 N–H and O–H groups in total. The van der Waals surface area contributed by atoms with E-state index in [-0.39, 0.29) is 12.0 Å². The second kappa shape index (κ2) is 8.29. The van der Waals surface area contributed by atoms with Gasteiger partial charge in [-0.2, -0.15) is 0 Å². The van der Waals surface area contributed by atoms with Crippen LogP contribution in [0, 0.1) is 0 Å². The molecule has 0 spiro atoms. The van der Waals surface area contributed by atoms with E-state index in [1.54, 1.807) is 25.3 Å². The fourth-order valence-electron chi connectivity index (χ4n) is 2.88. The van der Waals surface area contributed by atoms with E-state index < -0.39 is 0 Å². The smallest absolute Gasteiger partial charge is 0.257 e. The summed E-state index contributed by atoms with van der Waals surface area (Å²) in [5.74, 6) is 1.03. The van der Waals surface area contributed by atoms with Crippen LogP contribution >= 0.6 is 11.3 Å². The molecule has 1 aliphatic carbocycles. The number of nitrogens with one attached hydrogen (secondary N) is 1. The van der Waals surface area contributed by atoms with Crippen LogP contribution in [0.3, 0.4) is 0 Å².